The summed E-state index contributed by atoms with van der Waals surface area (Å²) in [6.45, 7) is 0.144. The number of ether oxygens (including phenoxy) is 1. The average molecular weight is 332 g/mol. The van der Waals surface area contributed by atoms with Crippen LogP contribution in [0.15, 0.2) is 18.3 Å². The van der Waals surface area contributed by atoms with E-state index in [9.17, 15) is 18.0 Å². The molecule has 0 aromatic carbocycles. The first-order chi connectivity index (χ1) is 10.9. The van der Waals surface area contributed by atoms with Gasteiger partial charge in [0.2, 0.25) is 5.88 Å². The lowest BCUT2D eigenvalue weighted by atomic mass is 10.1. The fraction of sp³-hybridized carbons (Fsp3) is 0.571. The second-order valence-electron chi connectivity index (χ2n) is 5.40. The Kier molecular flexibility index (Phi) is 5.64. The summed E-state index contributed by atoms with van der Waals surface area (Å²) < 4.78 is 42.0. The van der Waals surface area contributed by atoms with E-state index < -0.39 is 18.8 Å². The number of amides is 2. The Hall–Kier alpha value is -2.03. The van der Waals surface area contributed by atoms with Crippen molar-refractivity contribution < 1.29 is 22.7 Å². The minimum atomic E-state index is -4.18. The molecule has 6 nitrogen and oxygen atoms in total. The summed E-state index contributed by atoms with van der Waals surface area (Å²) in [5.74, 6) is 0.304. The van der Waals surface area contributed by atoms with Gasteiger partial charge in [-0.3, -0.25) is 4.90 Å². The standard InChI is InChI=1S/C14H19F3N4O2/c1-23-12-11(3-2-5-18-12)20-13(22)19-7-10-4-6-21(8-10)9-14(15,16)17/h2-3,5,10H,4,6-9H2,1H3,(H2,19,20,22)/t10-/m1/s1. The van der Waals surface area contributed by atoms with E-state index in [1.807, 2.05) is 0 Å². The van der Waals surface area contributed by atoms with E-state index in [1.165, 1.54) is 18.2 Å². The number of aromatic nitrogens is 1. The van der Waals surface area contributed by atoms with Crippen LogP contribution in [-0.4, -0.2) is 55.4 Å². The molecule has 1 aromatic rings. The molecule has 0 radical (unpaired) electrons. The van der Waals surface area contributed by atoms with E-state index in [0.29, 0.717) is 37.6 Å². The lowest BCUT2D eigenvalue weighted by Gasteiger charge is -2.18. The van der Waals surface area contributed by atoms with Crippen LogP contribution in [0.2, 0.25) is 0 Å². The molecule has 128 valence electrons. The fourth-order valence-electron chi connectivity index (χ4n) is 2.53. The van der Waals surface area contributed by atoms with Crippen LogP contribution in [-0.2, 0) is 0 Å². The maximum absolute atomic E-state index is 12.3. The lowest BCUT2D eigenvalue weighted by molar-refractivity contribution is -0.143. The fourth-order valence-corrected chi connectivity index (χ4v) is 2.53. The Morgan fingerprint density at radius 3 is 3.00 bits per heavy atom. The van der Waals surface area contributed by atoms with Gasteiger partial charge in [-0.05, 0) is 31.0 Å². The van der Waals surface area contributed by atoms with Crippen LogP contribution in [0, 0.1) is 5.92 Å². The van der Waals surface area contributed by atoms with Crippen LogP contribution < -0.4 is 15.4 Å². The van der Waals surface area contributed by atoms with Gasteiger partial charge in [0.1, 0.15) is 5.69 Å². The van der Waals surface area contributed by atoms with Gasteiger partial charge in [0.05, 0.1) is 13.7 Å². The molecule has 2 rings (SSSR count). The number of halogens is 3. The Labute approximate surface area is 132 Å². The second kappa shape index (κ2) is 7.49. The zero-order valence-electron chi connectivity index (χ0n) is 12.7. The molecule has 2 amide bonds. The second-order valence-corrected chi connectivity index (χ2v) is 5.40. The number of nitrogens with one attached hydrogen (secondary N) is 2. The highest BCUT2D eigenvalue weighted by atomic mass is 19.4. The van der Waals surface area contributed by atoms with Crippen molar-refractivity contribution in [2.24, 2.45) is 5.92 Å². The quantitative estimate of drug-likeness (QED) is 0.867. The molecule has 1 atom stereocenters. The van der Waals surface area contributed by atoms with E-state index in [1.54, 1.807) is 12.1 Å². The molecule has 1 aliphatic heterocycles. The summed E-state index contributed by atoms with van der Waals surface area (Å²) in [6.07, 6.45) is -2.02. The predicted molar refractivity (Wildman–Crippen MR) is 78.4 cm³/mol. The van der Waals surface area contributed by atoms with Crippen LogP contribution in [0.4, 0.5) is 23.7 Å². The number of anilines is 1. The Morgan fingerprint density at radius 2 is 2.30 bits per heavy atom. The number of carbonyl (C=O) groups excluding carboxylic acids is 1. The van der Waals surface area contributed by atoms with Crippen molar-refractivity contribution in [3.63, 3.8) is 0 Å². The van der Waals surface area contributed by atoms with Crippen LogP contribution >= 0.6 is 0 Å². The smallest absolute Gasteiger partial charge is 0.401 e. The van der Waals surface area contributed by atoms with Crippen LogP contribution in [0.3, 0.4) is 0 Å². The number of pyridine rings is 1. The van der Waals surface area contributed by atoms with Crippen LogP contribution in [0.25, 0.3) is 0 Å². The normalized spacial score (nSPS) is 18.7. The molecule has 0 saturated carbocycles. The van der Waals surface area contributed by atoms with Crippen molar-refractivity contribution in [1.29, 1.82) is 0 Å². The van der Waals surface area contributed by atoms with Crippen molar-refractivity contribution in [1.82, 2.24) is 15.2 Å². The molecule has 0 bridgehead atoms. The van der Waals surface area contributed by atoms with Gasteiger partial charge in [-0.1, -0.05) is 0 Å². The Bertz CT molecular complexity index is 539. The summed E-state index contributed by atoms with van der Waals surface area (Å²) in [5, 5.41) is 5.27. The molecule has 1 fully saturated rings. The molecular weight excluding hydrogens is 313 g/mol. The molecule has 1 aromatic heterocycles. The van der Waals surface area contributed by atoms with Gasteiger partial charge >= 0.3 is 12.2 Å². The minimum absolute atomic E-state index is 0.0129. The van der Waals surface area contributed by atoms with Gasteiger partial charge in [0, 0.05) is 19.3 Å². The van der Waals surface area contributed by atoms with Crippen molar-refractivity contribution >= 4 is 11.7 Å². The molecule has 1 aliphatic rings. The van der Waals surface area contributed by atoms with Crippen molar-refractivity contribution in [3.05, 3.63) is 18.3 Å². The highest BCUT2D eigenvalue weighted by Crippen LogP contribution is 2.22. The molecule has 23 heavy (non-hydrogen) atoms. The van der Waals surface area contributed by atoms with Crippen molar-refractivity contribution in [2.45, 2.75) is 12.6 Å². The number of urea groups is 1. The van der Waals surface area contributed by atoms with Gasteiger partial charge in [-0.25, -0.2) is 9.78 Å². The van der Waals surface area contributed by atoms with Gasteiger partial charge in [0.15, 0.2) is 0 Å². The summed E-state index contributed by atoms with van der Waals surface area (Å²) in [5.41, 5.74) is 0.428. The lowest BCUT2D eigenvalue weighted by Crippen LogP contribution is -2.36. The largest absolute Gasteiger partial charge is 0.480 e. The zero-order chi connectivity index (χ0) is 16.9. The number of likely N-dealkylation sites (tertiary alicyclic amines) is 1. The highest BCUT2D eigenvalue weighted by Gasteiger charge is 2.34. The average Bonchev–Trinajstić information content (AvgIpc) is 2.91. The third kappa shape index (κ3) is 5.59. The summed E-state index contributed by atoms with van der Waals surface area (Å²) in [6, 6.07) is 2.86. The number of hydrogen-bond donors (Lipinski definition) is 2. The third-order valence-electron chi connectivity index (χ3n) is 3.54. The number of rotatable bonds is 5. The first-order valence-corrected chi connectivity index (χ1v) is 7.20. The van der Waals surface area contributed by atoms with Crippen LogP contribution in [0.5, 0.6) is 5.88 Å². The number of nitrogens with zero attached hydrogens (tertiary/aromatic N) is 2. The third-order valence-corrected chi connectivity index (χ3v) is 3.54. The molecule has 0 unspecified atom stereocenters. The maximum atomic E-state index is 12.3. The highest BCUT2D eigenvalue weighted by molar-refractivity contribution is 5.90. The van der Waals surface area contributed by atoms with Crippen molar-refractivity contribution in [2.75, 3.05) is 38.6 Å². The van der Waals surface area contributed by atoms with E-state index in [-0.39, 0.29) is 5.92 Å². The number of hydrogen-bond acceptors (Lipinski definition) is 4. The van der Waals surface area contributed by atoms with Crippen molar-refractivity contribution in [3.8, 4) is 5.88 Å². The molecular formula is C14H19F3N4O2. The first-order valence-electron chi connectivity index (χ1n) is 7.20. The number of alkyl halides is 3. The van der Waals surface area contributed by atoms with Gasteiger partial charge in [0.25, 0.3) is 0 Å². The molecule has 0 aliphatic carbocycles. The van der Waals surface area contributed by atoms with Gasteiger partial charge < -0.3 is 15.4 Å². The Morgan fingerprint density at radius 1 is 1.52 bits per heavy atom. The van der Waals surface area contributed by atoms with E-state index >= 15 is 0 Å². The molecule has 2 heterocycles. The summed E-state index contributed by atoms with van der Waals surface area (Å²) in [7, 11) is 1.44. The van der Waals surface area contributed by atoms with E-state index in [2.05, 4.69) is 15.6 Å². The summed E-state index contributed by atoms with van der Waals surface area (Å²) in [4.78, 5) is 17.2. The predicted octanol–water partition coefficient (Wildman–Crippen LogP) is 2.10. The number of carbonyl (C=O) groups is 1. The first kappa shape index (κ1) is 17.3. The van der Waals surface area contributed by atoms with Crippen LogP contribution in [0.1, 0.15) is 6.42 Å². The molecule has 1 saturated heterocycles. The van der Waals surface area contributed by atoms with Gasteiger partial charge in [-0.15, -0.1) is 0 Å². The van der Waals surface area contributed by atoms with Gasteiger partial charge in [-0.2, -0.15) is 13.2 Å². The zero-order valence-corrected chi connectivity index (χ0v) is 12.7. The molecule has 9 heteroatoms. The monoisotopic (exact) mass is 332 g/mol. The summed E-state index contributed by atoms with van der Waals surface area (Å²) >= 11 is 0. The number of methoxy groups -OCH3 is 1. The minimum Gasteiger partial charge on any atom is -0.480 e. The molecule has 0 spiro atoms. The topological polar surface area (TPSA) is 66.5 Å². The Balaban J connectivity index is 1.75. The maximum Gasteiger partial charge on any atom is 0.401 e. The van der Waals surface area contributed by atoms with E-state index in [4.69, 9.17) is 4.74 Å². The SMILES string of the molecule is COc1ncccc1NC(=O)NC[C@H]1CCN(CC(F)(F)F)C1. The molecule has 2 N–H and O–H groups in total. The van der Waals surface area contributed by atoms with E-state index in [0.717, 1.165) is 0 Å².